The number of benzene rings is 6. The highest BCUT2D eigenvalue weighted by Gasteiger charge is 2.51. The number of rotatable bonds is 12. The third-order valence-corrected chi connectivity index (χ3v) is 12.1. The quantitative estimate of drug-likeness (QED) is 0.0682. The van der Waals surface area contributed by atoms with Gasteiger partial charge in [0, 0.05) is 26.9 Å². The summed E-state index contributed by atoms with van der Waals surface area (Å²) in [5.41, 5.74) is 0.952. The molecule has 0 amide bonds. The van der Waals surface area contributed by atoms with Gasteiger partial charge in [-0.2, -0.15) is 8.78 Å². The average molecular weight is 993 g/mol. The van der Waals surface area contributed by atoms with Crippen LogP contribution < -0.4 is 4.90 Å². The molecule has 328 valence electrons. The van der Waals surface area contributed by atoms with E-state index in [1.54, 1.807) is 53.4 Å². The van der Waals surface area contributed by atoms with Gasteiger partial charge in [0.1, 0.15) is 0 Å². The van der Waals surface area contributed by atoms with Gasteiger partial charge in [0.2, 0.25) is 0 Å². The molecule has 0 bridgehead atoms. The zero-order valence-corrected chi connectivity index (χ0v) is 38.0. The number of Topliss-reactive ketones (excluding diaryl/α,β-unsaturated/α-hetero) is 1. The van der Waals surface area contributed by atoms with Crippen LogP contribution in [-0.2, 0) is 26.2 Å². The van der Waals surface area contributed by atoms with Crippen molar-refractivity contribution in [2.75, 3.05) is 19.1 Å². The Balaban J connectivity index is 0.000000298. The second-order valence-corrected chi connectivity index (χ2v) is 17.2. The highest BCUT2D eigenvalue weighted by molar-refractivity contribution is 9.10. The average Bonchev–Trinajstić information content (AvgIpc) is 3.79. The van der Waals surface area contributed by atoms with Crippen LogP contribution in [0.5, 0.6) is 0 Å². The summed E-state index contributed by atoms with van der Waals surface area (Å²) in [6, 6.07) is 37.6. The van der Waals surface area contributed by atoms with Crippen LogP contribution in [0, 0.1) is 0 Å². The molecule has 6 aromatic carbocycles. The summed E-state index contributed by atoms with van der Waals surface area (Å²) in [5.74, 6) is -0.554. The fourth-order valence-electron chi connectivity index (χ4n) is 6.43. The van der Waals surface area contributed by atoms with Gasteiger partial charge >= 0.3 is 31.2 Å². The Bertz CT molecular complexity index is 2890. The van der Waals surface area contributed by atoms with Crippen molar-refractivity contribution in [1.29, 1.82) is 0 Å². The minimum Gasteiger partial charge on any atom is -0.465 e. The second kappa shape index (κ2) is 20.2. The summed E-state index contributed by atoms with van der Waals surface area (Å²) in [4.78, 5) is 59.9. The third-order valence-electron chi connectivity index (χ3n) is 9.73. The number of oxazole rings is 1. The Morgan fingerprint density at radius 2 is 1.36 bits per heavy atom. The van der Waals surface area contributed by atoms with Crippen molar-refractivity contribution >= 4 is 76.2 Å². The SMILES string of the molecule is COC(=O)c1cc(C(C)=O)ccc1-c1ccccc1.COC(=O)c1ccccc1-c1ccc(-c2cnc(N(Cc3ccc(C(F)(F)P(=O)(O)O)c(Br)c3)c3ccc(Cl)c(Cl)c3)o2)cc1. The van der Waals surface area contributed by atoms with E-state index >= 15 is 0 Å². The molecule has 1 aromatic heterocycles. The smallest absolute Gasteiger partial charge is 0.399 e. The van der Waals surface area contributed by atoms with E-state index in [-0.39, 0.29) is 27.8 Å². The fraction of sp³-hybridized carbons (Fsp3) is 0.106. The molecule has 2 N–H and O–H groups in total. The molecule has 1 heterocycles. The van der Waals surface area contributed by atoms with Crippen molar-refractivity contribution in [3.8, 4) is 33.6 Å². The number of halogens is 5. The highest BCUT2D eigenvalue weighted by atomic mass is 79.9. The maximum absolute atomic E-state index is 14.4. The molecule has 0 atom stereocenters. The van der Waals surface area contributed by atoms with E-state index in [9.17, 15) is 27.7 Å². The number of anilines is 2. The van der Waals surface area contributed by atoms with Gasteiger partial charge in [0.05, 0.1) is 48.1 Å². The van der Waals surface area contributed by atoms with E-state index < -0.39 is 30.8 Å². The number of aromatic nitrogens is 1. The molecule has 7 rings (SSSR count). The zero-order chi connectivity index (χ0) is 46.3. The predicted molar refractivity (Wildman–Crippen MR) is 244 cm³/mol. The molecular formula is C47H36BrCl2F2N2O9P. The van der Waals surface area contributed by atoms with Crippen LogP contribution in [0.15, 0.2) is 149 Å². The van der Waals surface area contributed by atoms with Crippen molar-refractivity contribution in [3.63, 3.8) is 0 Å². The minimum atomic E-state index is -5.77. The summed E-state index contributed by atoms with van der Waals surface area (Å²) in [6.45, 7) is 1.51. The lowest BCUT2D eigenvalue weighted by atomic mass is 9.96. The summed E-state index contributed by atoms with van der Waals surface area (Å²) < 4.78 is 55.9. The Kier molecular flexibility index (Phi) is 15.0. The first-order valence-corrected chi connectivity index (χ1v) is 22.1. The molecule has 0 fully saturated rings. The maximum atomic E-state index is 14.4. The normalized spacial score (nSPS) is 11.3. The van der Waals surface area contributed by atoms with Crippen molar-refractivity contribution in [2.24, 2.45) is 0 Å². The Labute approximate surface area is 384 Å². The van der Waals surface area contributed by atoms with Gasteiger partial charge in [-0.15, -0.1) is 0 Å². The standard InChI is InChI=1S/C31H22BrCl2F2N2O6P.C16H14O3/c1-43-29(39)23-5-3-2-4-22(23)19-7-9-20(10-8-19)28-16-37-30(44-28)38(21-11-13-26(33)27(34)15-21)17-18-6-12-24(25(32)14-18)31(35,36)45(40,41)42;1-11(17)13-8-9-14(12-6-4-3-5-7-12)15(10-13)16(18)19-2/h2-16H,17H2,1H3,(H2,40,41,42);3-10H,1-2H3. The van der Waals surface area contributed by atoms with Gasteiger partial charge in [-0.25, -0.2) is 14.6 Å². The van der Waals surface area contributed by atoms with Gasteiger partial charge in [-0.05, 0) is 71.1 Å². The molecule has 0 spiro atoms. The van der Waals surface area contributed by atoms with Gasteiger partial charge in [0.25, 0.3) is 0 Å². The Morgan fingerprint density at radius 3 is 1.98 bits per heavy atom. The minimum absolute atomic E-state index is 0.0432. The lowest BCUT2D eigenvalue weighted by molar-refractivity contribution is 0.0557. The van der Waals surface area contributed by atoms with Crippen LogP contribution in [0.2, 0.25) is 10.0 Å². The molecule has 0 unspecified atom stereocenters. The van der Waals surface area contributed by atoms with Gasteiger partial charge in [-0.1, -0.05) is 136 Å². The molecule has 0 radical (unpaired) electrons. The lowest BCUT2D eigenvalue weighted by Crippen LogP contribution is -2.18. The fourth-order valence-corrected chi connectivity index (χ4v) is 8.06. The number of nitrogens with zero attached hydrogens (tertiary/aromatic N) is 2. The second-order valence-electron chi connectivity index (χ2n) is 13.9. The van der Waals surface area contributed by atoms with E-state index in [2.05, 4.69) is 20.9 Å². The lowest BCUT2D eigenvalue weighted by Gasteiger charge is -2.23. The van der Waals surface area contributed by atoms with E-state index in [4.69, 9.17) is 46.9 Å². The number of ether oxygens (including phenoxy) is 2. The summed E-state index contributed by atoms with van der Waals surface area (Å²) >= 11 is 15.4. The Hall–Kier alpha value is -5.99. The van der Waals surface area contributed by atoms with Crippen LogP contribution in [0.3, 0.4) is 0 Å². The largest absolute Gasteiger partial charge is 0.465 e. The highest BCUT2D eigenvalue weighted by Crippen LogP contribution is 2.60. The molecule has 7 aromatic rings. The topological polar surface area (TPSA) is 156 Å². The van der Waals surface area contributed by atoms with Crippen molar-refractivity contribution in [2.45, 2.75) is 19.1 Å². The number of hydrogen-bond acceptors (Lipinski definition) is 9. The molecule has 17 heteroatoms. The monoisotopic (exact) mass is 990 g/mol. The zero-order valence-electron chi connectivity index (χ0n) is 34.0. The molecule has 64 heavy (non-hydrogen) atoms. The van der Waals surface area contributed by atoms with Crippen LogP contribution in [0.25, 0.3) is 33.6 Å². The van der Waals surface area contributed by atoms with E-state index in [0.29, 0.717) is 49.9 Å². The third kappa shape index (κ3) is 10.7. The van der Waals surface area contributed by atoms with Gasteiger partial charge in [0.15, 0.2) is 11.5 Å². The van der Waals surface area contributed by atoms with E-state index in [0.717, 1.165) is 22.8 Å². The van der Waals surface area contributed by atoms with E-state index in [1.165, 1.54) is 39.5 Å². The summed E-state index contributed by atoms with van der Waals surface area (Å²) in [6.07, 6.45) is 1.52. The first kappa shape index (κ1) is 47.5. The number of ketones is 1. The van der Waals surface area contributed by atoms with Crippen molar-refractivity contribution in [3.05, 3.63) is 182 Å². The molecular weight excluding hydrogens is 956 g/mol. The first-order valence-electron chi connectivity index (χ1n) is 18.9. The van der Waals surface area contributed by atoms with Crippen LogP contribution in [0.1, 0.15) is 49.1 Å². The summed E-state index contributed by atoms with van der Waals surface area (Å²) in [5, 5.41) is 0.570. The molecule has 0 aliphatic rings. The number of hydrogen-bond donors (Lipinski definition) is 2. The Morgan fingerprint density at radius 1 is 0.750 bits per heavy atom. The van der Waals surface area contributed by atoms with Gasteiger partial charge in [-0.3, -0.25) is 14.3 Å². The van der Waals surface area contributed by atoms with Crippen molar-refractivity contribution < 1.29 is 51.4 Å². The molecule has 0 saturated carbocycles. The maximum Gasteiger partial charge on any atom is 0.399 e. The van der Waals surface area contributed by atoms with Crippen molar-refractivity contribution in [1.82, 2.24) is 4.98 Å². The number of methoxy groups -OCH3 is 2. The number of alkyl halides is 2. The van der Waals surface area contributed by atoms with E-state index in [1.807, 2.05) is 66.7 Å². The summed E-state index contributed by atoms with van der Waals surface area (Å²) in [7, 11) is -3.11. The molecule has 0 aliphatic heterocycles. The number of carbonyl (C=O) groups excluding carboxylic acids is 3. The van der Waals surface area contributed by atoms with Crippen LogP contribution in [-0.4, -0.2) is 46.7 Å². The first-order chi connectivity index (χ1) is 30.4. The molecule has 0 aliphatic carbocycles. The van der Waals surface area contributed by atoms with Gasteiger partial charge < -0.3 is 23.7 Å². The number of carbonyl (C=O) groups is 3. The molecule has 11 nitrogen and oxygen atoms in total. The van der Waals surface area contributed by atoms with Crippen LogP contribution in [0.4, 0.5) is 20.5 Å². The molecule has 0 saturated heterocycles. The van der Waals surface area contributed by atoms with Crippen LogP contribution >= 0.6 is 46.7 Å². The predicted octanol–water partition coefficient (Wildman–Crippen LogP) is 12.8. The number of esters is 2.